The summed E-state index contributed by atoms with van der Waals surface area (Å²) in [5.74, 6) is -2.69. The van der Waals surface area contributed by atoms with Crippen LogP contribution in [-0.4, -0.2) is 29.6 Å². The van der Waals surface area contributed by atoms with Crippen LogP contribution in [0.1, 0.15) is 38.5 Å². The van der Waals surface area contributed by atoms with E-state index in [1.54, 1.807) is 0 Å². The zero-order chi connectivity index (χ0) is 12.4. The first-order valence-electron chi connectivity index (χ1n) is 5.09. The van der Waals surface area contributed by atoms with E-state index in [1.807, 2.05) is 0 Å². The number of hydrogen-bond acceptors (Lipinski definition) is 5. The summed E-state index contributed by atoms with van der Waals surface area (Å²) in [5, 5.41) is 18.3. The van der Waals surface area contributed by atoms with Crippen molar-refractivity contribution in [2.75, 3.05) is 6.61 Å². The van der Waals surface area contributed by atoms with E-state index in [1.165, 1.54) is 0 Å². The van der Waals surface area contributed by atoms with E-state index in [0.717, 1.165) is 0 Å². The van der Waals surface area contributed by atoms with Crippen LogP contribution in [0.2, 0.25) is 0 Å². The molecular formula is C10H15NaO6. The molecule has 6 nitrogen and oxygen atoms in total. The summed E-state index contributed by atoms with van der Waals surface area (Å²) < 4.78 is 4.72. The predicted octanol–water partition coefficient (Wildman–Crippen LogP) is -3.29. The van der Waals surface area contributed by atoms with E-state index >= 15 is 0 Å². The second-order valence-electron chi connectivity index (χ2n) is 3.30. The number of carboxylic acids is 2. The quantitative estimate of drug-likeness (QED) is 0.263. The van der Waals surface area contributed by atoms with Gasteiger partial charge in [0.15, 0.2) is 0 Å². The number of ether oxygens (including phenoxy) is 1. The zero-order valence-electron chi connectivity index (χ0n) is 9.94. The molecular weight excluding hydrogens is 239 g/mol. The Morgan fingerprint density at radius 2 is 1.65 bits per heavy atom. The number of rotatable bonds is 9. The molecule has 0 bridgehead atoms. The van der Waals surface area contributed by atoms with Gasteiger partial charge in [-0.15, -0.1) is 0 Å². The Kier molecular flexibility index (Phi) is 13.1. The van der Waals surface area contributed by atoms with Crippen LogP contribution in [0.4, 0.5) is 0 Å². The van der Waals surface area contributed by atoms with Crippen LogP contribution in [0, 0.1) is 0 Å². The van der Waals surface area contributed by atoms with Crippen molar-refractivity contribution in [3.63, 3.8) is 0 Å². The summed E-state index contributed by atoms with van der Waals surface area (Å²) in [5.41, 5.74) is 0. The van der Waals surface area contributed by atoms with Crippen LogP contribution in [-0.2, 0) is 19.1 Å². The van der Waals surface area contributed by atoms with E-state index < -0.39 is 17.9 Å². The molecule has 0 amide bonds. The van der Waals surface area contributed by atoms with Crippen molar-refractivity contribution in [3.8, 4) is 0 Å². The fraction of sp³-hybridized carbons (Fsp3) is 0.700. The number of carbonyl (C=O) groups is 3. The number of carbonyl (C=O) groups excluding carboxylic acids is 2. The van der Waals surface area contributed by atoms with Crippen molar-refractivity contribution in [3.05, 3.63) is 0 Å². The van der Waals surface area contributed by atoms with Gasteiger partial charge < -0.3 is 19.7 Å². The molecule has 0 aliphatic carbocycles. The van der Waals surface area contributed by atoms with Gasteiger partial charge in [-0.1, -0.05) is 0 Å². The van der Waals surface area contributed by atoms with Gasteiger partial charge in [-0.25, -0.2) is 0 Å². The Bertz CT molecular complexity index is 253. The molecule has 0 aromatic rings. The Hall–Kier alpha value is -0.590. The van der Waals surface area contributed by atoms with Gasteiger partial charge in [0.2, 0.25) is 0 Å². The van der Waals surface area contributed by atoms with Crippen LogP contribution in [0.5, 0.6) is 0 Å². The van der Waals surface area contributed by atoms with Gasteiger partial charge in [-0.2, -0.15) is 0 Å². The standard InChI is InChI=1S/C10H16O6.Na/c11-8(12)4-2-1-3-7-16-10(15)6-5-9(13)14;/h1-7H2,(H,11,12)(H,13,14);/q;+1/p-1. The summed E-state index contributed by atoms with van der Waals surface area (Å²) in [6.45, 7) is 0.200. The zero-order valence-corrected chi connectivity index (χ0v) is 11.9. The fourth-order valence-electron chi connectivity index (χ4n) is 1.02. The maximum atomic E-state index is 10.9. The molecule has 0 aliphatic heterocycles. The van der Waals surface area contributed by atoms with Crippen LogP contribution in [0.3, 0.4) is 0 Å². The molecule has 0 radical (unpaired) electrons. The minimum absolute atomic E-state index is 0. The number of carboxylic acid groups (broad SMARTS) is 2. The van der Waals surface area contributed by atoms with E-state index in [4.69, 9.17) is 9.84 Å². The molecule has 0 heterocycles. The first kappa shape index (κ1) is 18.8. The van der Waals surface area contributed by atoms with Gasteiger partial charge in [0.05, 0.1) is 13.0 Å². The van der Waals surface area contributed by atoms with Crippen molar-refractivity contribution < 1.29 is 58.9 Å². The van der Waals surface area contributed by atoms with Crippen LogP contribution in [0.15, 0.2) is 0 Å². The molecule has 0 rings (SSSR count). The van der Waals surface area contributed by atoms with Crippen LogP contribution >= 0.6 is 0 Å². The molecule has 0 aromatic heterocycles. The van der Waals surface area contributed by atoms with Crippen LogP contribution in [0.25, 0.3) is 0 Å². The molecule has 0 aromatic carbocycles. The first-order valence-corrected chi connectivity index (χ1v) is 5.09. The summed E-state index contributed by atoms with van der Waals surface area (Å²) in [4.78, 5) is 31.0. The van der Waals surface area contributed by atoms with E-state index in [0.29, 0.717) is 19.3 Å². The van der Waals surface area contributed by atoms with Crippen molar-refractivity contribution in [2.45, 2.75) is 38.5 Å². The normalized spacial score (nSPS) is 9.18. The van der Waals surface area contributed by atoms with Gasteiger partial charge in [0.1, 0.15) is 0 Å². The second-order valence-corrected chi connectivity index (χ2v) is 3.30. The molecule has 0 saturated heterocycles. The molecule has 0 spiro atoms. The Morgan fingerprint density at radius 3 is 2.18 bits per heavy atom. The number of hydrogen-bond donors (Lipinski definition) is 1. The maximum Gasteiger partial charge on any atom is 1.00 e. The Labute approximate surface area is 122 Å². The average molecular weight is 254 g/mol. The molecule has 7 heteroatoms. The monoisotopic (exact) mass is 254 g/mol. The molecule has 0 unspecified atom stereocenters. The summed E-state index contributed by atoms with van der Waals surface area (Å²) in [7, 11) is 0. The molecule has 0 fully saturated rings. The summed E-state index contributed by atoms with van der Waals surface area (Å²) >= 11 is 0. The largest absolute Gasteiger partial charge is 1.00 e. The van der Waals surface area contributed by atoms with Gasteiger partial charge in [0, 0.05) is 12.4 Å². The van der Waals surface area contributed by atoms with E-state index in [-0.39, 0.29) is 55.4 Å². The first-order chi connectivity index (χ1) is 7.52. The molecule has 0 atom stereocenters. The minimum Gasteiger partial charge on any atom is -0.550 e. The molecule has 0 saturated carbocycles. The molecule has 17 heavy (non-hydrogen) atoms. The SMILES string of the molecule is O=C([O-])CCC(=O)OCCCCCC(=O)O.[Na+]. The van der Waals surface area contributed by atoms with Gasteiger partial charge >= 0.3 is 41.5 Å². The summed E-state index contributed by atoms with van der Waals surface area (Å²) in [6.07, 6.45) is 1.39. The van der Waals surface area contributed by atoms with Gasteiger partial charge in [0.25, 0.3) is 0 Å². The smallest absolute Gasteiger partial charge is 0.550 e. The third kappa shape index (κ3) is 15.4. The third-order valence-corrected chi connectivity index (χ3v) is 1.83. The minimum atomic E-state index is -1.28. The Morgan fingerprint density at radius 1 is 1.00 bits per heavy atom. The molecule has 92 valence electrons. The number of esters is 1. The second kappa shape index (κ2) is 11.9. The third-order valence-electron chi connectivity index (χ3n) is 1.83. The van der Waals surface area contributed by atoms with Gasteiger partial charge in [-0.3, -0.25) is 9.59 Å². The predicted molar refractivity (Wildman–Crippen MR) is 51.3 cm³/mol. The van der Waals surface area contributed by atoms with E-state index in [9.17, 15) is 19.5 Å². The van der Waals surface area contributed by atoms with Crippen molar-refractivity contribution in [1.29, 1.82) is 0 Å². The maximum absolute atomic E-state index is 10.9. The van der Waals surface area contributed by atoms with E-state index in [2.05, 4.69) is 0 Å². The average Bonchev–Trinajstić information content (AvgIpc) is 2.19. The van der Waals surface area contributed by atoms with Crippen LogP contribution < -0.4 is 34.7 Å². The molecule has 1 N–H and O–H groups in total. The number of unbranched alkanes of at least 4 members (excludes halogenated alkanes) is 2. The van der Waals surface area contributed by atoms with Crippen molar-refractivity contribution >= 4 is 17.9 Å². The van der Waals surface area contributed by atoms with Gasteiger partial charge in [-0.05, 0) is 25.7 Å². The van der Waals surface area contributed by atoms with Crippen molar-refractivity contribution in [2.24, 2.45) is 0 Å². The summed E-state index contributed by atoms with van der Waals surface area (Å²) in [6, 6.07) is 0. The fourth-order valence-corrected chi connectivity index (χ4v) is 1.02. The Balaban J connectivity index is 0. The number of aliphatic carboxylic acids is 2. The topological polar surface area (TPSA) is 104 Å². The molecule has 0 aliphatic rings. The van der Waals surface area contributed by atoms with Crippen molar-refractivity contribution in [1.82, 2.24) is 0 Å².